The maximum Gasteiger partial charge on any atom is 0.142 e. The predicted octanol–water partition coefficient (Wildman–Crippen LogP) is 5.96. The SMILES string of the molecule is C/C=C(\C=C/C=C(N)N)C(C)CC(C)(C)c1nc(-c2ncc(C(C)C)s2)cs1. The van der Waals surface area contributed by atoms with Gasteiger partial charge in [-0.05, 0) is 36.8 Å². The lowest BCUT2D eigenvalue weighted by Gasteiger charge is -2.26. The minimum absolute atomic E-state index is 0.0225. The highest BCUT2D eigenvalue weighted by Crippen LogP contribution is 2.38. The summed E-state index contributed by atoms with van der Waals surface area (Å²) in [5, 5.41) is 4.30. The molecule has 6 heteroatoms. The highest BCUT2D eigenvalue weighted by Gasteiger charge is 2.28. The van der Waals surface area contributed by atoms with Crippen molar-refractivity contribution in [3.05, 3.63) is 57.2 Å². The molecule has 1 unspecified atom stereocenters. The first kappa shape index (κ1) is 22.4. The number of nitrogens with zero attached hydrogens (tertiary/aromatic N) is 2. The second-order valence-corrected chi connectivity index (χ2v) is 9.98. The Labute approximate surface area is 177 Å². The molecule has 2 heterocycles. The normalized spacial score (nSPS) is 14.0. The molecule has 152 valence electrons. The molecule has 0 saturated heterocycles. The van der Waals surface area contributed by atoms with Crippen LogP contribution >= 0.6 is 22.7 Å². The summed E-state index contributed by atoms with van der Waals surface area (Å²) in [4.78, 5) is 10.8. The molecule has 4 nitrogen and oxygen atoms in total. The van der Waals surface area contributed by atoms with Gasteiger partial charge in [-0.15, -0.1) is 22.7 Å². The van der Waals surface area contributed by atoms with Crippen LogP contribution in [0.25, 0.3) is 10.7 Å². The molecule has 2 aromatic rings. The van der Waals surface area contributed by atoms with Gasteiger partial charge in [0.2, 0.25) is 0 Å². The first-order chi connectivity index (χ1) is 13.1. The van der Waals surface area contributed by atoms with Crippen LogP contribution in [0.15, 0.2) is 47.3 Å². The van der Waals surface area contributed by atoms with Gasteiger partial charge in [-0.1, -0.05) is 52.8 Å². The Hall–Kier alpha value is -1.92. The van der Waals surface area contributed by atoms with Gasteiger partial charge in [-0.3, -0.25) is 0 Å². The van der Waals surface area contributed by atoms with Crippen molar-refractivity contribution in [1.29, 1.82) is 0 Å². The number of hydrogen-bond donors (Lipinski definition) is 2. The minimum Gasteiger partial charge on any atom is -0.386 e. The van der Waals surface area contributed by atoms with Crippen molar-refractivity contribution in [2.45, 2.75) is 59.3 Å². The number of rotatable bonds is 8. The minimum atomic E-state index is -0.0225. The van der Waals surface area contributed by atoms with Crippen LogP contribution in [0.3, 0.4) is 0 Å². The Balaban J connectivity index is 2.14. The van der Waals surface area contributed by atoms with Crippen LogP contribution in [-0.4, -0.2) is 9.97 Å². The smallest absolute Gasteiger partial charge is 0.142 e. The molecule has 0 aliphatic heterocycles. The van der Waals surface area contributed by atoms with Gasteiger partial charge in [-0.2, -0.15) is 0 Å². The van der Waals surface area contributed by atoms with Crippen LogP contribution in [0.4, 0.5) is 0 Å². The Bertz CT molecular complexity index is 865. The summed E-state index contributed by atoms with van der Waals surface area (Å²) in [6.45, 7) is 13.2. The average Bonchev–Trinajstić information content (AvgIpc) is 3.26. The zero-order valence-corrected chi connectivity index (χ0v) is 19.3. The molecule has 0 saturated carbocycles. The predicted molar refractivity (Wildman–Crippen MR) is 123 cm³/mol. The van der Waals surface area contributed by atoms with Gasteiger partial charge in [0, 0.05) is 21.9 Å². The van der Waals surface area contributed by atoms with Gasteiger partial charge in [-0.25, -0.2) is 9.97 Å². The summed E-state index contributed by atoms with van der Waals surface area (Å²) in [6, 6.07) is 0. The second kappa shape index (κ2) is 9.52. The van der Waals surface area contributed by atoms with Crippen molar-refractivity contribution < 1.29 is 0 Å². The summed E-state index contributed by atoms with van der Waals surface area (Å²) in [5.41, 5.74) is 13.2. The summed E-state index contributed by atoms with van der Waals surface area (Å²) in [6.07, 6.45) is 10.8. The standard InChI is InChI=1S/C22H32N4S2/c1-7-16(9-8-10-19(23)24)15(4)11-22(5,6)21-26-17(13-27-21)20-25-12-18(28-20)14(2)3/h7-10,12-15H,11,23-24H2,1-6H3/b9-8-,16-7+. The van der Waals surface area contributed by atoms with Crippen molar-refractivity contribution in [3.8, 4) is 10.7 Å². The van der Waals surface area contributed by atoms with E-state index in [-0.39, 0.29) is 5.41 Å². The fourth-order valence-electron chi connectivity index (χ4n) is 3.14. The number of allylic oxidation sites excluding steroid dienone is 5. The molecular formula is C22H32N4S2. The van der Waals surface area contributed by atoms with Gasteiger partial charge in [0.25, 0.3) is 0 Å². The molecular weight excluding hydrogens is 384 g/mol. The van der Waals surface area contributed by atoms with Gasteiger partial charge in [0.15, 0.2) is 0 Å². The Morgan fingerprint density at radius 1 is 1.25 bits per heavy atom. The lowest BCUT2D eigenvalue weighted by atomic mass is 9.80. The van der Waals surface area contributed by atoms with E-state index in [0.29, 0.717) is 17.7 Å². The van der Waals surface area contributed by atoms with Crippen molar-refractivity contribution in [1.82, 2.24) is 9.97 Å². The summed E-state index contributed by atoms with van der Waals surface area (Å²) in [7, 11) is 0. The van der Waals surface area contributed by atoms with Crippen LogP contribution in [0.1, 0.15) is 63.8 Å². The van der Waals surface area contributed by atoms with Gasteiger partial charge >= 0.3 is 0 Å². The fraction of sp³-hybridized carbons (Fsp3) is 0.455. The maximum absolute atomic E-state index is 5.50. The van der Waals surface area contributed by atoms with Crippen molar-refractivity contribution in [2.75, 3.05) is 0 Å². The summed E-state index contributed by atoms with van der Waals surface area (Å²) >= 11 is 3.47. The van der Waals surface area contributed by atoms with Crippen molar-refractivity contribution in [3.63, 3.8) is 0 Å². The van der Waals surface area contributed by atoms with Crippen molar-refractivity contribution in [2.24, 2.45) is 17.4 Å². The summed E-state index contributed by atoms with van der Waals surface area (Å²) in [5.74, 6) is 1.21. The monoisotopic (exact) mass is 416 g/mol. The molecule has 28 heavy (non-hydrogen) atoms. The van der Waals surface area contributed by atoms with Crippen LogP contribution in [0.2, 0.25) is 0 Å². The quantitative estimate of drug-likeness (QED) is 0.521. The zero-order valence-electron chi connectivity index (χ0n) is 17.7. The largest absolute Gasteiger partial charge is 0.386 e. The molecule has 0 spiro atoms. The fourth-order valence-corrected chi connectivity index (χ4v) is 5.04. The molecule has 0 amide bonds. The van der Waals surface area contributed by atoms with Gasteiger partial charge < -0.3 is 11.5 Å². The number of aromatic nitrogens is 2. The van der Waals surface area contributed by atoms with E-state index in [9.17, 15) is 0 Å². The molecule has 0 fully saturated rings. The maximum atomic E-state index is 5.50. The van der Waals surface area contributed by atoms with Crippen LogP contribution in [0.5, 0.6) is 0 Å². The lowest BCUT2D eigenvalue weighted by molar-refractivity contribution is 0.414. The first-order valence-electron chi connectivity index (χ1n) is 9.61. The van der Waals surface area contributed by atoms with E-state index in [2.05, 4.69) is 64.1 Å². The molecule has 1 atom stereocenters. The van der Waals surface area contributed by atoms with Crippen molar-refractivity contribution >= 4 is 22.7 Å². The Morgan fingerprint density at radius 3 is 2.54 bits per heavy atom. The van der Waals surface area contributed by atoms with E-state index in [1.807, 2.05) is 12.3 Å². The number of thiazole rings is 2. The molecule has 0 aliphatic carbocycles. The van der Waals surface area contributed by atoms with E-state index >= 15 is 0 Å². The van der Waals surface area contributed by atoms with Gasteiger partial charge in [0.05, 0.1) is 10.8 Å². The molecule has 0 radical (unpaired) electrons. The average molecular weight is 417 g/mol. The van der Waals surface area contributed by atoms with E-state index in [1.165, 1.54) is 10.5 Å². The number of hydrogen-bond acceptors (Lipinski definition) is 6. The van der Waals surface area contributed by atoms with E-state index in [1.54, 1.807) is 28.7 Å². The number of nitrogens with two attached hydrogens (primary N) is 2. The van der Waals surface area contributed by atoms with Crippen LogP contribution in [0, 0.1) is 5.92 Å². The van der Waals surface area contributed by atoms with E-state index in [0.717, 1.165) is 22.1 Å². The third-order valence-electron chi connectivity index (χ3n) is 4.69. The van der Waals surface area contributed by atoms with Crippen LogP contribution in [-0.2, 0) is 5.41 Å². The second-order valence-electron chi connectivity index (χ2n) is 8.06. The molecule has 4 N–H and O–H groups in total. The van der Waals surface area contributed by atoms with E-state index < -0.39 is 0 Å². The Morgan fingerprint density at radius 2 is 1.96 bits per heavy atom. The lowest BCUT2D eigenvalue weighted by Crippen LogP contribution is -2.21. The van der Waals surface area contributed by atoms with E-state index in [4.69, 9.17) is 16.5 Å². The molecule has 0 aromatic carbocycles. The zero-order chi connectivity index (χ0) is 20.9. The van der Waals surface area contributed by atoms with Gasteiger partial charge in [0.1, 0.15) is 10.7 Å². The third kappa shape index (κ3) is 5.79. The molecule has 0 bridgehead atoms. The van der Waals surface area contributed by atoms with Crippen LogP contribution < -0.4 is 11.5 Å². The third-order valence-corrected chi connectivity index (χ3v) is 7.22. The molecule has 2 rings (SSSR count). The summed E-state index contributed by atoms with van der Waals surface area (Å²) < 4.78 is 0. The topological polar surface area (TPSA) is 77.8 Å². The highest BCUT2D eigenvalue weighted by atomic mass is 32.1. The highest BCUT2D eigenvalue weighted by molar-refractivity contribution is 7.15. The Kier molecular flexibility index (Phi) is 7.61. The molecule has 0 aliphatic rings. The molecule has 2 aromatic heterocycles. The first-order valence-corrected chi connectivity index (χ1v) is 11.3.